The molecule has 0 saturated heterocycles. The minimum absolute atomic E-state index is 0.0783. The van der Waals surface area contributed by atoms with E-state index in [1.165, 1.54) is 20.9 Å². The zero-order chi connectivity index (χ0) is 13.4. The van der Waals surface area contributed by atoms with Crippen LogP contribution in [0.4, 0.5) is 0 Å². The SMILES string of the molecule is Cc1cc(C(N)c2cccc3c2OCCC3)sc1C. The molecule has 1 atom stereocenters. The predicted molar refractivity (Wildman–Crippen MR) is 80.1 cm³/mol. The lowest BCUT2D eigenvalue weighted by Crippen LogP contribution is -2.16. The highest BCUT2D eigenvalue weighted by molar-refractivity contribution is 7.12. The van der Waals surface area contributed by atoms with E-state index >= 15 is 0 Å². The van der Waals surface area contributed by atoms with Crippen LogP contribution < -0.4 is 10.5 Å². The van der Waals surface area contributed by atoms with Crippen LogP contribution in [0.2, 0.25) is 0 Å². The van der Waals surface area contributed by atoms with E-state index in [9.17, 15) is 0 Å². The molecule has 0 aliphatic carbocycles. The number of thiophene rings is 1. The highest BCUT2D eigenvalue weighted by Gasteiger charge is 2.21. The average molecular weight is 273 g/mol. The van der Waals surface area contributed by atoms with Gasteiger partial charge in [-0.05, 0) is 43.9 Å². The van der Waals surface area contributed by atoms with Crippen molar-refractivity contribution in [2.75, 3.05) is 6.61 Å². The molecule has 2 nitrogen and oxygen atoms in total. The van der Waals surface area contributed by atoms with Crippen molar-refractivity contribution in [2.24, 2.45) is 5.73 Å². The summed E-state index contributed by atoms with van der Waals surface area (Å²) in [6, 6.07) is 8.46. The molecular formula is C16H19NOS. The smallest absolute Gasteiger partial charge is 0.127 e. The van der Waals surface area contributed by atoms with Crippen LogP contribution in [0.5, 0.6) is 5.75 Å². The Morgan fingerprint density at radius 1 is 1.32 bits per heavy atom. The Hall–Kier alpha value is -1.32. The molecule has 0 spiro atoms. The van der Waals surface area contributed by atoms with Gasteiger partial charge in [0.05, 0.1) is 12.6 Å². The highest BCUT2D eigenvalue weighted by atomic mass is 32.1. The second kappa shape index (κ2) is 4.99. The Kier molecular flexibility index (Phi) is 3.33. The van der Waals surface area contributed by atoms with Crippen LogP contribution in [0.25, 0.3) is 0 Å². The van der Waals surface area contributed by atoms with Crippen molar-refractivity contribution < 1.29 is 4.74 Å². The summed E-state index contributed by atoms with van der Waals surface area (Å²) in [5, 5.41) is 0. The molecule has 0 fully saturated rings. The summed E-state index contributed by atoms with van der Waals surface area (Å²) < 4.78 is 5.86. The first-order valence-corrected chi connectivity index (χ1v) is 7.55. The summed E-state index contributed by atoms with van der Waals surface area (Å²) in [6.07, 6.45) is 2.20. The molecule has 3 heteroatoms. The van der Waals surface area contributed by atoms with E-state index in [1.54, 1.807) is 11.3 Å². The number of hydrogen-bond donors (Lipinski definition) is 1. The molecule has 2 aromatic rings. The maximum atomic E-state index is 6.45. The number of aryl methyl sites for hydroxylation is 3. The minimum atomic E-state index is -0.0783. The Bertz CT molecular complexity index is 583. The van der Waals surface area contributed by atoms with Crippen molar-refractivity contribution in [3.8, 4) is 5.75 Å². The molecular weight excluding hydrogens is 254 g/mol. The molecule has 100 valence electrons. The highest BCUT2D eigenvalue weighted by Crippen LogP contribution is 2.37. The maximum absolute atomic E-state index is 6.45. The van der Waals surface area contributed by atoms with Crippen LogP contribution >= 0.6 is 11.3 Å². The van der Waals surface area contributed by atoms with E-state index in [2.05, 4.69) is 38.1 Å². The Balaban J connectivity index is 2.02. The molecule has 1 unspecified atom stereocenters. The predicted octanol–water partition coefficient (Wildman–Crippen LogP) is 3.74. The number of hydrogen-bond acceptors (Lipinski definition) is 3. The monoisotopic (exact) mass is 273 g/mol. The zero-order valence-electron chi connectivity index (χ0n) is 11.4. The molecule has 1 aromatic carbocycles. The van der Waals surface area contributed by atoms with Gasteiger partial charge in [0, 0.05) is 15.3 Å². The van der Waals surface area contributed by atoms with Gasteiger partial charge in [-0.2, -0.15) is 0 Å². The molecule has 1 aromatic heterocycles. The quantitative estimate of drug-likeness (QED) is 0.904. The third-order valence-corrected chi connectivity index (χ3v) is 5.03. The van der Waals surface area contributed by atoms with Crippen LogP contribution in [0.3, 0.4) is 0 Å². The van der Waals surface area contributed by atoms with E-state index in [0.29, 0.717) is 0 Å². The molecule has 1 aliphatic heterocycles. The van der Waals surface area contributed by atoms with E-state index in [0.717, 1.165) is 30.8 Å². The van der Waals surface area contributed by atoms with Gasteiger partial charge in [-0.15, -0.1) is 11.3 Å². The molecule has 19 heavy (non-hydrogen) atoms. The van der Waals surface area contributed by atoms with Gasteiger partial charge in [0.15, 0.2) is 0 Å². The number of ether oxygens (including phenoxy) is 1. The van der Waals surface area contributed by atoms with Gasteiger partial charge in [-0.3, -0.25) is 0 Å². The zero-order valence-corrected chi connectivity index (χ0v) is 12.2. The van der Waals surface area contributed by atoms with E-state index < -0.39 is 0 Å². The van der Waals surface area contributed by atoms with Crippen molar-refractivity contribution in [2.45, 2.75) is 32.7 Å². The van der Waals surface area contributed by atoms with E-state index in [1.807, 2.05) is 0 Å². The Labute approximate surface area is 118 Å². The first-order chi connectivity index (χ1) is 9.16. The van der Waals surface area contributed by atoms with Gasteiger partial charge in [0.1, 0.15) is 5.75 Å². The fourth-order valence-electron chi connectivity index (χ4n) is 2.57. The fourth-order valence-corrected chi connectivity index (χ4v) is 3.63. The standard InChI is InChI=1S/C16H19NOS/c1-10-9-14(19-11(10)2)15(17)13-7-3-5-12-6-4-8-18-16(12)13/h3,5,7,9,15H,4,6,8,17H2,1-2H3. The molecule has 0 amide bonds. The van der Waals surface area contributed by atoms with Gasteiger partial charge in [-0.25, -0.2) is 0 Å². The Morgan fingerprint density at radius 2 is 2.16 bits per heavy atom. The average Bonchev–Trinajstić information content (AvgIpc) is 2.77. The lowest BCUT2D eigenvalue weighted by atomic mass is 9.97. The van der Waals surface area contributed by atoms with Crippen LogP contribution in [0.15, 0.2) is 24.3 Å². The van der Waals surface area contributed by atoms with Crippen LogP contribution in [-0.2, 0) is 6.42 Å². The number of nitrogens with two attached hydrogens (primary N) is 1. The van der Waals surface area contributed by atoms with Gasteiger partial charge in [0.2, 0.25) is 0 Å². The lowest BCUT2D eigenvalue weighted by Gasteiger charge is -2.22. The van der Waals surface area contributed by atoms with E-state index in [4.69, 9.17) is 10.5 Å². The summed E-state index contributed by atoms with van der Waals surface area (Å²) in [6.45, 7) is 5.09. The first-order valence-electron chi connectivity index (χ1n) is 6.74. The topological polar surface area (TPSA) is 35.2 Å². The minimum Gasteiger partial charge on any atom is -0.493 e. The second-order valence-corrected chi connectivity index (χ2v) is 6.44. The van der Waals surface area contributed by atoms with E-state index in [-0.39, 0.29) is 6.04 Å². The van der Waals surface area contributed by atoms with Crippen molar-refractivity contribution in [1.82, 2.24) is 0 Å². The van der Waals surface area contributed by atoms with Crippen LogP contribution in [0, 0.1) is 13.8 Å². The van der Waals surface area contributed by atoms with Crippen LogP contribution in [-0.4, -0.2) is 6.61 Å². The normalized spacial score (nSPS) is 15.7. The largest absolute Gasteiger partial charge is 0.493 e. The number of benzene rings is 1. The number of rotatable bonds is 2. The summed E-state index contributed by atoms with van der Waals surface area (Å²) in [5.41, 5.74) is 10.2. The summed E-state index contributed by atoms with van der Waals surface area (Å²) in [5.74, 6) is 1.02. The molecule has 3 rings (SSSR count). The van der Waals surface area contributed by atoms with Crippen molar-refractivity contribution in [1.29, 1.82) is 0 Å². The van der Waals surface area contributed by atoms with Gasteiger partial charge in [0.25, 0.3) is 0 Å². The molecule has 1 aliphatic rings. The van der Waals surface area contributed by atoms with Gasteiger partial charge in [-0.1, -0.05) is 18.2 Å². The van der Waals surface area contributed by atoms with Gasteiger partial charge >= 0.3 is 0 Å². The first kappa shape index (κ1) is 12.7. The van der Waals surface area contributed by atoms with Crippen molar-refractivity contribution in [3.63, 3.8) is 0 Å². The molecule has 0 bridgehead atoms. The Morgan fingerprint density at radius 3 is 2.89 bits per heavy atom. The third kappa shape index (κ3) is 2.28. The summed E-state index contributed by atoms with van der Waals surface area (Å²) in [7, 11) is 0. The molecule has 0 radical (unpaired) electrons. The summed E-state index contributed by atoms with van der Waals surface area (Å²) >= 11 is 1.79. The maximum Gasteiger partial charge on any atom is 0.127 e. The number of para-hydroxylation sites is 1. The van der Waals surface area contributed by atoms with Crippen molar-refractivity contribution >= 4 is 11.3 Å². The second-order valence-electron chi connectivity index (χ2n) is 5.15. The molecule has 0 saturated carbocycles. The van der Waals surface area contributed by atoms with Crippen LogP contribution in [0.1, 0.15) is 38.9 Å². The molecule has 2 heterocycles. The third-order valence-electron chi connectivity index (χ3n) is 3.79. The summed E-state index contributed by atoms with van der Waals surface area (Å²) in [4.78, 5) is 2.56. The molecule has 2 N–H and O–H groups in total. The van der Waals surface area contributed by atoms with Crippen molar-refractivity contribution in [3.05, 3.63) is 50.7 Å². The lowest BCUT2D eigenvalue weighted by molar-refractivity contribution is 0.284. The number of fused-ring (bicyclic) bond motifs is 1. The fraction of sp³-hybridized carbons (Fsp3) is 0.375. The van der Waals surface area contributed by atoms with Gasteiger partial charge < -0.3 is 10.5 Å².